The van der Waals surface area contributed by atoms with E-state index in [1.54, 1.807) is 0 Å². The number of hydrogen-bond acceptors (Lipinski definition) is 3. The molecule has 0 aromatic heterocycles. The summed E-state index contributed by atoms with van der Waals surface area (Å²) < 4.78 is 5.18. The van der Waals surface area contributed by atoms with Gasteiger partial charge in [-0.15, -0.1) is 0 Å². The highest BCUT2D eigenvalue weighted by molar-refractivity contribution is 6.55. The largest absolute Gasteiger partial charge is 0.422 e. The van der Waals surface area contributed by atoms with Gasteiger partial charge in [0.2, 0.25) is 6.41 Å². The number of ether oxygens (including phenoxy) is 1. The van der Waals surface area contributed by atoms with Crippen molar-refractivity contribution in [3.05, 3.63) is 25.1 Å². The molecule has 21 heavy (non-hydrogen) atoms. The van der Waals surface area contributed by atoms with Gasteiger partial charge in [0.05, 0.1) is 15.1 Å². The maximum atomic E-state index is 12.1. The smallest absolute Gasteiger partial charge is 0.334 e. The van der Waals surface area contributed by atoms with Crippen LogP contribution in [-0.2, 0) is 9.59 Å². The number of nitrogens with zero attached hydrogens (tertiary/aromatic N) is 1. The second-order valence-corrected chi connectivity index (χ2v) is 6.21. The van der Waals surface area contributed by atoms with Gasteiger partial charge in [0, 0.05) is 6.54 Å². The summed E-state index contributed by atoms with van der Waals surface area (Å²) in [5.41, 5.74) is 0. The molecule has 1 heterocycles. The van der Waals surface area contributed by atoms with Crippen molar-refractivity contribution in [2.24, 2.45) is 0 Å². The van der Waals surface area contributed by atoms with Crippen LogP contribution in [0.15, 0.2) is 0 Å². The molecule has 0 saturated carbocycles. The quantitative estimate of drug-likeness (QED) is 0.251. The molecule has 1 aromatic carbocycles. The lowest BCUT2D eigenvalue weighted by Gasteiger charge is -2.19. The molecule has 1 saturated heterocycles. The number of rotatable bonds is 3. The molecule has 0 N–H and O–H groups in total. The second kappa shape index (κ2) is 6.80. The molecular weight excluding hydrogens is 383 g/mol. The van der Waals surface area contributed by atoms with Crippen LogP contribution >= 0.6 is 58.0 Å². The zero-order valence-electron chi connectivity index (χ0n) is 10.3. The summed E-state index contributed by atoms with van der Waals surface area (Å²) in [5.74, 6) is -0.821. The summed E-state index contributed by atoms with van der Waals surface area (Å²) >= 11 is 29.6. The fraction of sp³-hybridized carbons (Fsp3) is 0.333. The normalized spacial score (nSPS) is 18.0. The number of benzene rings is 1. The number of esters is 1. The number of hydrogen-bond donors (Lipinski definition) is 0. The first-order chi connectivity index (χ1) is 9.88. The van der Waals surface area contributed by atoms with Gasteiger partial charge in [-0.25, -0.2) is 4.79 Å². The SMILES string of the molecule is O=CN1CCC[C@H]1C(=O)Oc1c(Cl)c(Cl)c(Cl)c(Cl)c1Cl. The Morgan fingerprint density at radius 2 is 1.57 bits per heavy atom. The lowest BCUT2D eigenvalue weighted by molar-refractivity contribution is -0.142. The minimum atomic E-state index is -0.678. The highest BCUT2D eigenvalue weighted by Gasteiger charge is 2.33. The molecule has 1 amide bonds. The average Bonchev–Trinajstić information content (AvgIpc) is 2.96. The van der Waals surface area contributed by atoms with Crippen molar-refractivity contribution in [2.45, 2.75) is 18.9 Å². The van der Waals surface area contributed by atoms with Crippen LogP contribution in [0.5, 0.6) is 5.75 Å². The Morgan fingerprint density at radius 3 is 2.10 bits per heavy atom. The van der Waals surface area contributed by atoms with E-state index < -0.39 is 12.0 Å². The minimum absolute atomic E-state index is 0.0245. The van der Waals surface area contributed by atoms with Crippen LogP contribution in [-0.4, -0.2) is 29.9 Å². The van der Waals surface area contributed by atoms with Crippen molar-refractivity contribution in [3.8, 4) is 5.75 Å². The second-order valence-electron chi connectivity index (χ2n) is 4.32. The Morgan fingerprint density at radius 1 is 1.05 bits per heavy atom. The predicted octanol–water partition coefficient (Wildman–Crippen LogP) is 4.48. The third-order valence-corrected chi connectivity index (χ3v) is 5.32. The van der Waals surface area contributed by atoms with Gasteiger partial charge >= 0.3 is 5.97 Å². The van der Waals surface area contributed by atoms with E-state index in [9.17, 15) is 9.59 Å². The number of amides is 1. The van der Waals surface area contributed by atoms with Crippen LogP contribution in [0.3, 0.4) is 0 Å². The van der Waals surface area contributed by atoms with E-state index >= 15 is 0 Å². The molecule has 0 aliphatic carbocycles. The highest BCUT2D eigenvalue weighted by atomic mass is 35.5. The first kappa shape index (κ1) is 17.0. The van der Waals surface area contributed by atoms with Crippen LogP contribution in [0.1, 0.15) is 12.8 Å². The van der Waals surface area contributed by atoms with E-state index in [1.807, 2.05) is 0 Å². The van der Waals surface area contributed by atoms with Crippen LogP contribution in [0.2, 0.25) is 25.1 Å². The molecule has 4 nitrogen and oxygen atoms in total. The summed E-state index contributed by atoms with van der Waals surface area (Å²) in [6.07, 6.45) is 1.81. The molecule has 1 atom stereocenters. The van der Waals surface area contributed by atoms with E-state index in [-0.39, 0.29) is 30.9 Å². The summed E-state index contributed by atoms with van der Waals surface area (Å²) in [6.45, 7) is 0.493. The molecule has 0 radical (unpaired) electrons. The fourth-order valence-corrected chi connectivity index (χ4v) is 3.21. The third-order valence-electron chi connectivity index (χ3n) is 3.07. The lowest BCUT2D eigenvalue weighted by atomic mass is 10.2. The molecule has 2 rings (SSSR count). The molecule has 0 spiro atoms. The predicted molar refractivity (Wildman–Crippen MR) is 82.9 cm³/mol. The molecule has 0 unspecified atom stereocenters. The minimum Gasteiger partial charge on any atom is -0.422 e. The summed E-state index contributed by atoms with van der Waals surface area (Å²) in [7, 11) is 0. The zero-order chi connectivity index (χ0) is 15.7. The van der Waals surface area contributed by atoms with Gasteiger partial charge in [0.1, 0.15) is 16.1 Å². The summed E-state index contributed by atoms with van der Waals surface area (Å²) in [6, 6.07) is -0.678. The van der Waals surface area contributed by atoms with Gasteiger partial charge in [0.25, 0.3) is 0 Å². The van der Waals surface area contributed by atoms with Crippen molar-refractivity contribution in [1.82, 2.24) is 4.90 Å². The maximum Gasteiger partial charge on any atom is 0.334 e. The van der Waals surface area contributed by atoms with Crippen molar-refractivity contribution in [3.63, 3.8) is 0 Å². The molecule has 0 bridgehead atoms. The van der Waals surface area contributed by atoms with Crippen LogP contribution < -0.4 is 4.74 Å². The van der Waals surface area contributed by atoms with Gasteiger partial charge < -0.3 is 9.64 Å². The van der Waals surface area contributed by atoms with E-state index in [1.165, 1.54) is 4.90 Å². The molecule has 1 fully saturated rings. The Balaban J connectivity index is 2.32. The Kier molecular flexibility index (Phi) is 5.49. The number of likely N-dealkylation sites (tertiary alicyclic amines) is 1. The molecule has 1 aliphatic heterocycles. The Bertz CT molecular complexity index is 578. The number of halogens is 5. The topological polar surface area (TPSA) is 46.6 Å². The molecular formula is C12H8Cl5NO3. The van der Waals surface area contributed by atoms with E-state index in [0.29, 0.717) is 25.8 Å². The van der Waals surface area contributed by atoms with Crippen molar-refractivity contribution >= 4 is 70.4 Å². The molecule has 1 aliphatic rings. The average molecular weight is 391 g/mol. The zero-order valence-corrected chi connectivity index (χ0v) is 14.1. The van der Waals surface area contributed by atoms with Crippen LogP contribution in [0.25, 0.3) is 0 Å². The number of carbonyl (C=O) groups is 2. The molecule has 9 heteroatoms. The Labute approximate surface area is 145 Å². The van der Waals surface area contributed by atoms with Crippen molar-refractivity contribution < 1.29 is 14.3 Å². The van der Waals surface area contributed by atoms with E-state index in [4.69, 9.17) is 62.7 Å². The first-order valence-corrected chi connectivity index (χ1v) is 7.71. The van der Waals surface area contributed by atoms with Gasteiger partial charge in [0.15, 0.2) is 5.75 Å². The van der Waals surface area contributed by atoms with Gasteiger partial charge in [-0.2, -0.15) is 0 Å². The van der Waals surface area contributed by atoms with Gasteiger partial charge in [-0.3, -0.25) is 4.79 Å². The summed E-state index contributed by atoms with van der Waals surface area (Å²) in [4.78, 5) is 24.4. The number of carbonyl (C=O) groups excluding carboxylic acids is 2. The monoisotopic (exact) mass is 389 g/mol. The van der Waals surface area contributed by atoms with Crippen molar-refractivity contribution in [1.29, 1.82) is 0 Å². The standard InChI is InChI=1S/C12H8Cl5NO3/c13-6-7(14)9(16)11(10(17)8(6)15)21-12(20)5-2-1-3-18(5)4-19/h4-5H,1-3H2/t5-/m0/s1. The highest BCUT2D eigenvalue weighted by Crippen LogP contribution is 2.48. The van der Waals surface area contributed by atoms with E-state index in [2.05, 4.69) is 0 Å². The van der Waals surface area contributed by atoms with E-state index in [0.717, 1.165) is 0 Å². The summed E-state index contributed by atoms with van der Waals surface area (Å²) in [5, 5.41) is -0.368. The third kappa shape index (κ3) is 3.20. The first-order valence-electron chi connectivity index (χ1n) is 5.82. The van der Waals surface area contributed by atoms with Gasteiger partial charge in [-0.05, 0) is 12.8 Å². The van der Waals surface area contributed by atoms with Gasteiger partial charge in [-0.1, -0.05) is 58.0 Å². The Hall–Kier alpha value is -0.390. The van der Waals surface area contributed by atoms with Crippen LogP contribution in [0, 0.1) is 0 Å². The fourth-order valence-electron chi connectivity index (χ4n) is 2.01. The maximum absolute atomic E-state index is 12.1. The van der Waals surface area contributed by atoms with Crippen LogP contribution in [0.4, 0.5) is 0 Å². The lowest BCUT2D eigenvalue weighted by Crippen LogP contribution is -2.37. The molecule has 114 valence electrons. The molecule has 1 aromatic rings. The van der Waals surface area contributed by atoms with Crippen molar-refractivity contribution in [2.75, 3.05) is 6.54 Å².